The highest BCUT2D eigenvalue weighted by molar-refractivity contribution is 5.25. The van der Waals surface area contributed by atoms with Gasteiger partial charge in [-0.15, -0.1) is 0 Å². The van der Waals surface area contributed by atoms with Gasteiger partial charge < -0.3 is 10.2 Å². The van der Waals surface area contributed by atoms with E-state index in [0.717, 1.165) is 42.0 Å². The summed E-state index contributed by atoms with van der Waals surface area (Å²) < 4.78 is 7.61. The van der Waals surface area contributed by atoms with Crippen LogP contribution in [0.2, 0.25) is 0 Å². The summed E-state index contributed by atoms with van der Waals surface area (Å²) in [5, 5.41) is 4.66. The van der Waals surface area contributed by atoms with Crippen molar-refractivity contribution in [2.45, 2.75) is 59.0 Å². The van der Waals surface area contributed by atoms with Crippen LogP contribution in [-0.2, 0) is 6.42 Å². The highest BCUT2D eigenvalue weighted by Crippen LogP contribution is 2.23. The molecule has 0 aliphatic rings. The van der Waals surface area contributed by atoms with Crippen molar-refractivity contribution in [1.29, 1.82) is 0 Å². The first-order valence-corrected chi connectivity index (χ1v) is 7.41. The molecule has 4 nitrogen and oxygen atoms in total. The van der Waals surface area contributed by atoms with Crippen LogP contribution in [0.3, 0.4) is 0 Å². The first-order chi connectivity index (χ1) is 9.55. The number of rotatable bonds is 6. The molecule has 2 heterocycles. The smallest absolute Gasteiger partial charge is 0.105 e. The van der Waals surface area contributed by atoms with Crippen molar-refractivity contribution in [3.63, 3.8) is 0 Å². The van der Waals surface area contributed by atoms with E-state index in [9.17, 15) is 0 Å². The van der Waals surface area contributed by atoms with Gasteiger partial charge >= 0.3 is 0 Å². The third kappa shape index (κ3) is 3.12. The standard InChI is InChI=1S/C16H25N3O/c1-5-14(6-2)19-8-7-13(18-19)10-16(17)15-9-11(3)20-12(15)4/h7-9,14,16H,5-6,10,17H2,1-4H3. The maximum atomic E-state index is 6.28. The molecule has 4 heteroatoms. The SMILES string of the molecule is CCC(CC)n1ccc(CC(N)c2cc(C)oc2C)n1. The second-order valence-electron chi connectivity index (χ2n) is 5.44. The first kappa shape index (κ1) is 14.9. The Morgan fingerprint density at radius 3 is 2.55 bits per heavy atom. The molecule has 0 aromatic carbocycles. The Labute approximate surface area is 121 Å². The third-order valence-electron chi connectivity index (χ3n) is 3.89. The van der Waals surface area contributed by atoms with Crippen molar-refractivity contribution in [3.05, 3.63) is 41.1 Å². The zero-order valence-electron chi connectivity index (χ0n) is 12.9. The Hall–Kier alpha value is -1.55. The third-order valence-corrected chi connectivity index (χ3v) is 3.89. The van der Waals surface area contributed by atoms with Crippen LogP contribution in [0.4, 0.5) is 0 Å². The lowest BCUT2D eigenvalue weighted by atomic mass is 10.0. The van der Waals surface area contributed by atoms with Gasteiger partial charge in [0, 0.05) is 24.2 Å². The van der Waals surface area contributed by atoms with Crippen LogP contribution in [0.25, 0.3) is 0 Å². The lowest BCUT2D eigenvalue weighted by Crippen LogP contribution is -2.15. The Bertz CT molecular complexity index is 552. The fourth-order valence-electron chi connectivity index (χ4n) is 2.71. The van der Waals surface area contributed by atoms with Gasteiger partial charge in [0.1, 0.15) is 11.5 Å². The van der Waals surface area contributed by atoms with Crippen LogP contribution >= 0.6 is 0 Å². The number of furan rings is 1. The molecule has 0 radical (unpaired) electrons. The van der Waals surface area contributed by atoms with E-state index in [1.165, 1.54) is 0 Å². The van der Waals surface area contributed by atoms with Crippen molar-refractivity contribution in [2.75, 3.05) is 0 Å². The van der Waals surface area contributed by atoms with E-state index >= 15 is 0 Å². The summed E-state index contributed by atoms with van der Waals surface area (Å²) in [6.45, 7) is 8.30. The zero-order valence-corrected chi connectivity index (χ0v) is 12.9. The largest absolute Gasteiger partial charge is 0.466 e. The van der Waals surface area contributed by atoms with Gasteiger partial charge in [-0.25, -0.2) is 0 Å². The Morgan fingerprint density at radius 2 is 2.00 bits per heavy atom. The average Bonchev–Trinajstić information content (AvgIpc) is 2.98. The van der Waals surface area contributed by atoms with Gasteiger partial charge in [0.05, 0.1) is 11.7 Å². The van der Waals surface area contributed by atoms with Crippen molar-refractivity contribution < 1.29 is 4.42 Å². The van der Waals surface area contributed by atoms with E-state index in [-0.39, 0.29) is 6.04 Å². The fourth-order valence-corrected chi connectivity index (χ4v) is 2.71. The van der Waals surface area contributed by atoms with Crippen LogP contribution in [0.5, 0.6) is 0 Å². The van der Waals surface area contributed by atoms with E-state index in [4.69, 9.17) is 10.2 Å². The maximum Gasteiger partial charge on any atom is 0.105 e. The van der Waals surface area contributed by atoms with Gasteiger partial charge in [-0.1, -0.05) is 13.8 Å². The Kier molecular flexibility index (Phi) is 4.65. The average molecular weight is 275 g/mol. The van der Waals surface area contributed by atoms with Gasteiger partial charge in [-0.3, -0.25) is 4.68 Å². The lowest BCUT2D eigenvalue weighted by molar-refractivity contribution is 0.424. The molecule has 2 rings (SSSR count). The minimum absolute atomic E-state index is 0.0579. The van der Waals surface area contributed by atoms with Gasteiger partial charge in [0.2, 0.25) is 0 Å². The first-order valence-electron chi connectivity index (χ1n) is 7.41. The molecule has 0 aliphatic carbocycles. The number of nitrogens with zero attached hydrogens (tertiary/aromatic N) is 2. The van der Waals surface area contributed by atoms with E-state index in [0.29, 0.717) is 6.04 Å². The second-order valence-corrected chi connectivity index (χ2v) is 5.44. The van der Waals surface area contributed by atoms with Crippen molar-refractivity contribution in [3.8, 4) is 0 Å². The second kappa shape index (κ2) is 6.27. The summed E-state index contributed by atoms with van der Waals surface area (Å²) in [7, 11) is 0. The highest BCUT2D eigenvalue weighted by Gasteiger charge is 2.16. The summed E-state index contributed by atoms with van der Waals surface area (Å²) in [6.07, 6.45) is 5.01. The van der Waals surface area contributed by atoms with E-state index in [2.05, 4.69) is 35.9 Å². The minimum atomic E-state index is -0.0579. The van der Waals surface area contributed by atoms with Gasteiger partial charge in [0.15, 0.2) is 0 Å². The van der Waals surface area contributed by atoms with Crippen LogP contribution in [0.1, 0.15) is 61.6 Å². The van der Waals surface area contributed by atoms with Crippen molar-refractivity contribution in [2.24, 2.45) is 5.73 Å². The molecule has 0 aliphatic heterocycles. The summed E-state index contributed by atoms with van der Waals surface area (Å²) in [5.41, 5.74) is 8.41. The molecule has 0 saturated carbocycles. The molecule has 20 heavy (non-hydrogen) atoms. The van der Waals surface area contributed by atoms with Crippen molar-refractivity contribution in [1.82, 2.24) is 9.78 Å². The molecule has 1 unspecified atom stereocenters. The quantitative estimate of drug-likeness (QED) is 0.874. The molecule has 0 saturated heterocycles. The normalized spacial score (nSPS) is 13.1. The van der Waals surface area contributed by atoms with Gasteiger partial charge in [-0.05, 0) is 38.8 Å². The molecule has 0 bridgehead atoms. The van der Waals surface area contributed by atoms with Gasteiger partial charge in [-0.2, -0.15) is 5.10 Å². The Balaban J connectivity index is 2.08. The predicted octanol–water partition coefficient (Wildman–Crippen LogP) is 3.70. The number of nitrogens with two attached hydrogens (primary N) is 1. The monoisotopic (exact) mass is 275 g/mol. The topological polar surface area (TPSA) is 57.0 Å². The summed E-state index contributed by atoms with van der Waals surface area (Å²) in [4.78, 5) is 0. The molecule has 1 atom stereocenters. The zero-order chi connectivity index (χ0) is 14.7. The molecule has 0 fully saturated rings. The number of hydrogen-bond acceptors (Lipinski definition) is 3. The fraction of sp³-hybridized carbons (Fsp3) is 0.562. The number of aryl methyl sites for hydroxylation is 2. The van der Waals surface area contributed by atoms with Crippen LogP contribution in [-0.4, -0.2) is 9.78 Å². The predicted molar refractivity (Wildman–Crippen MR) is 80.7 cm³/mol. The van der Waals surface area contributed by atoms with Crippen molar-refractivity contribution >= 4 is 0 Å². The number of aromatic nitrogens is 2. The molecule has 110 valence electrons. The van der Waals surface area contributed by atoms with Crippen LogP contribution in [0.15, 0.2) is 22.7 Å². The number of hydrogen-bond donors (Lipinski definition) is 1. The van der Waals surface area contributed by atoms with E-state index < -0.39 is 0 Å². The minimum Gasteiger partial charge on any atom is -0.466 e. The molecule has 2 aromatic heterocycles. The van der Waals surface area contributed by atoms with Crippen LogP contribution < -0.4 is 5.73 Å². The molecule has 0 spiro atoms. The van der Waals surface area contributed by atoms with E-state index in [1.807, 2.05) is 19.9 Å². The molecule has 2 aromatic rings. The lowest BCUT2D eigenvalue weighted by Gasteiger charge is -2.13. The van der Waals surface area contributed by atoms with E-state index in [1.54, 1.807) is 0 Å². The molecular weight excluding hydrogens is 250 g/mol. The molecular formula is C16H25N3O. The van der Waals surface area contributed by atoms with Crippen LogP contribution in [0, 0.1) is 13.8 Å². The Morgan fingerprint density at radius 1 is 1.30 bits per heavy atom. The molecule has 2 N–H and O–H groups in total. The highest BCUT2D eigenvalue weighted by atomic mass is 16.3. The summed E-state index contributed by atoms with van der Waals surface area (Å²) in [5.74, 6) is 1.82. The summed E-state index contributed by atoms with van der Waals surface area (Å²) in [6, 6.07) is 4.52. The molecule has 0 amide bonds. The van der Waals surface area contributed by atoms with Gasteiger partial charge in [0.25, 0.3) is 0 Å². The maximum absolute atomic E-state index is 6.28. The summed E-state index contributed by atoms with van der Waals surface area (Å²) >= 11 is 0.